The van der Waals surface area contributed by atoms with Gasteiger partial charge in [0.15, 0.2) is 6.29 Å². The molecular weight excluding hydrogens is 979 g/mol. The van der Waals surface area contributed by atoms with E-state index in [9.17, 15) is 38.2 Å². The Kier molecular flexibility index (Phi) is 50.1. The summed E-state index contributed by atoms with van der Waals surface area (Å²) < 4.78 is 48.0. The van der Waals surface area contributed by atoms with Crippen molar-refractivity contribution in [3.05, 3.63) is 36.5 Å². The highest BCUT2D eigenvalue weighted by atomic mass is 32.3. The van der Waals surface area contributed by atoms with Crippen LogP contribution in [0.25, 0.3) is 0 Å². The van der Waals surface area contributed by atoms with Crippen LogP contribution in [0.3, 0.4) is 0 Å². The number of carbonyl (C=O) groups excluding carboxylic acids is 1. The molecule has 1 aliphatic rings. The van der Waals surface area contributed by atoms with E-state index in [-0.39, 0.29) is 18.9 Å². The monoisotopic (exact) mass is 1100 g/mol. The van der Waals surface area contributed by atoms with Crippen molar-refractivity contribution in [2.24, 2.45) is 0 Å². The molecule has 12 nitrogen and oxygen atoms in total. The Labute approximate surface area is 466 Å². The zero-order valence-electron chi connectivity index (χ0n) is 48.8. The van der Waals surface area contributed by atoms with E-state index in [1.54, 1.807) is 6.08 Å². The molecule has 1 saturated heterocycles. The SMILES string of the molecule is CCCCCCCCCCC/C=C\C/C=C\CCCCCCCCCCCCCC(=O)NC(COC1OC(CO)C(O)C(OS(=O)(=O)O)C1O)C(O)/C=C/CCCCCCCCCCCCCCCCCCCCCC. The number of unbranched alkanes of at least 4 members (excludes halogenated alkanes) is 40. The van der Waals surface area contributed by atoms with Crippen molar-refractivity contribution in [3.63, 3.8) is 0 Å². The zero-order chi connectivity index (χ0) is 55.4. The topological polar surface area (TPSA) is 192 Å². The predicted molar refractivity (Wildman–Crippen MR) is 315 cm³/mol. The predicted octanol–water partition coefficient (Wildman–Crippen LogP) is 15.7. The smallest absolute Gasteiger partial charge is 0.394 e. The molecule has 0 aromatic rings. The highest BCUT2D eigenvalue weighted by Crippen LogP contribution is 2.26. The van der Waals surface area contributed by atoms with Gasteiger partial charge in [0.2, 0.25) is 5.91 Å². The molecule has 0 spiro atoms. The summed E-state index contributed by atoms with van der Waals surface area (Å²) >= 11 is 0. The van der Waals surface area contributed by atoms with Gasteiger partial charge in [-0.15, -0.1) is 0 Å². The van der Waals surface area contributed by atoms with Gasteiger partial charge in [-0.2, -0.15) is 8.42 Å². The van der Waals surface area contributed by atoms with E-state index < -0.39 is 59.9 Å². The number of hydrogen-bond acceptors (Lipinski definition) is 10. The summed E-state index contributed by atoms with van der Waals surface area (Å²) in [5, 5.41) is 45.1. The first-order chi connectivity index (χ1) is 37.0. The molecule has 1 amide bonds. The van der Waals surface area contributed by atoms with Crippen LogP contribution in [0.2, 0.25) is 0 Å². The summed E-state index contributed by atoms with van der Waals surface area (Å²) in [4.78, 5) is 13.2. The Bertz CT molecular complexity index is 1480. The van der Waals surface area contributed by atoms with Crippen LogP contribution in [0.5, 0.6) is 0 Å². The van der Waals surface area contributed by atoms with Crippen molar-refractivity contribution < 1.29 is 51.8 Å². The molecule has 0 saturated carbocycles. The molecule has 13 heteroatoms. The minimum absolute atomic E-state index is 0.261. The summed E-state index contributed by atoms with van der Waals surface area (Å²) in [5.74, 6) is -0.261. The van der Waals surface area contributed by atoms with Crippen LogP contribution in [0.15, 0.2) is 36.5 Å². The van der Waals surface area contributed by atoms with E-state index in [0.29, 0.717) is 6.42 Å². The van der Waals surface area contributed by atoms with Crippen molar-refractivity contribution in [2.75, 3.05) is 13.2 Å². The summed E-state index contributed by atoms with van der Waals surface area (Å²) in [7, 11) is -5.09. The number of ether oxygens (including phenoxy) is 2. The molecule has 448 valence electrons. The van der Waals surface area contributed by atoms with Gasteiger partial charge in [0, 0.05) is 6.42 Å². The molecule has 6 N–H and O–H groups in total. The Hall–Kier alpha value is -1.68. The van der Waals surface area contributed by atoms with Crippen molar-refractivity contribution >= 4 is 16.3 Å². The maximum absolute atomic E-state index is 13.2. The normalized spacial score (nSPS) is 19.2. The van der Waals surface area contributed by atoms with Crippen LogP contribution in [-0.4, -0.2) is 95.4 Å². The molecule has 76 heavy (non-hydrogen) atoms. The molecule has 1 fully saturated rings. The van der Waals surface area contributed by atoms with Crippen LogP contribution in [0.4, 0.5) is 0 Å². The maximum Gasteiger partial charge on any atom is 0.397 e. The molecule has 0 bridgehead atoms. The fraction of sp³-hybridized carbons (Fsp3) is 0.889. The van der Waals surface area contributed by atoms with E-state index in [4.69, 9.17) is 9.47 Å². The van der Waals surface area contributed by atoms with Gasteiger partial charge in [-0.25, -0.2) is 4.18 Å². The largest absolute Gasteiger partial charge is 0.397 e. The third-order valence-electron chi connectivity index (χ3n) is 15.2. The van der Waals surface area contributed by atoms with Crippen molar-refractivity contribution in [1.82, 2.24) is 5.32 Å². The summed E-state index contributed by atoms with van der Waals surface area (Å²) in [5.41, 5.74) is 0. The first kappa shape index (κ1) is 72.3. The van der Waals surface area contributed by atoms with Crippen LogP contribution in [0, 0.1) is 0 Å². The molecule has 1 rings (SSSR count). The number of allylic oxidation sites excluding steroid dienone is 5. The number of aliphatic hydroxyl groups is 4. The number of rotatable bonds is 56. The third kappa shape index (κ3) is 44.1. The minimum atomic E-state index is -5.09. The lowest BCUT2D eigenvalue weighted by molar-refractivity contribution is -0.298. The van der Waals surface area contributed by atoms with Crippen LogP contribution in [-0.2, 0) is 28.9 Å². The van der Waals surface area contributed by atoms with Gasteiger partial charge in [0.25, 0.3) is 0 Å². The van der Waals surface area contributed by atoms with E-state index in [1.807, 2.05) is 6.08 Å². The lowest BCUT2D eigenvalue weighted by atomic mass is 9.99. The lowest BCUT2D eigenvalue weighted by Gasteiger charge is -2.41. The van der Waals surface area contributed by atoms with Gasteiger partial charge in [-0.1, -0.05) is 281 Å². The second kappa shape index (κ2) is 52.7. The standard InChI is InChI=1S/C63H119NO11S/c1-3-5-7-9-11-13-15-17-19-21-23-25-27-28-29-30-31-33-35-37-39-41-43-45-47-49-51-53-59(67)64-56(55-73-63-61(69)62(75-76(70,71)72)60(68)58(54-65)74-63)57(66)52-50-48-46-44-42-40-38-36-34-32-26-24-22-20-18-16-14-12-10-8-6-4-2/h23,25,28-29,50,52,56-58,60-63,65-66,68-69H,3-22,24,26-27,30-49,51,53-55H2,1-2H3,(H,64,67)(H,70,71,72)/b25-23-,29-28-,52-50+. The number of hydrogen-bond donors (Lipinski definition) is 6. The Morgan fingerprint density at radius 2 is 0.882 bits per heavy atom. The average Bonchev–Trinajstić information content (AvgIpc) is 3.40. The Morgan fingerprint density at radius 3 is 1.25 bits per heavy atom. The molecule has 0 radical (unpaired) electrons. The van der Waals surface area contributed by atoms with Gasteiger partial charge in [-0.3, -0.25) is 9.35 Å². The molecule has 0 aromatic heterocycles. The van der Waals surface area contributed by atoms with Crippen molar-refractivity contribution in [2.45, 2.75) is 346 Å². The number of carbonyl (C=O) groups is 1. The molecule has 1 aliphatic heterocycles. The summed E-state index contributed by atoms with van der Waals surface area (Å²) in [6, 6.07) is -0.947. The fourth-order valence-corrected chi connectivity index (χ4v) is 10.8. The zero-order valence-corrected chi connectivity index (χ0v) is 49.6. The van der Waals surface area contributed by atoms with Crippen LogP contribution >= 0.6 is 0 Å². The summed E-state index contributed by atoms with van der Waals surface area (Å²) in [6.45, 7) is 3.44. The summed E-state index contributed by atoms with van der Waals surface area (Å²) in [6.07, 6.45) is 59.1. The third-order valence-corrected chi connectivity index (χ3v) is 15.6. The lowest BCUT2D eigenvalue weighted by Crippen LogP contribution is -2.61. The molecule has 0 aliphatic carbocycles. The Morgan fingerprint density at radius 1 is 0.526 bits per heavy atom. The second-order valence-corrected chi connectivity index (χ2v) is 23.4. The van der Waals surface area contributed by atoms with Crippen molar-refractivity contribution in [1.29, 1.82) is 0 Å². The van der Waals surface area contributed by atoms with E-state index >= 15 is 0 Å². The quantitative estimate of drug-likeness (QED) is 0.0193. The van der Waals surface area contributed by atoms with Gasteiger partial charge >= 0.3 is 10.4 Å². The van der Waals surface area contributed by atoms with Crippen LogP contribution < -0.4 is 5.32 Å². The maximum atomic E-state index is 13.2. The van der Waals surface area contributed by atoms with Gasteiger partial charge in [-0.05, 0) is 51.4 Å². The number of amides is 1. The molecule has 0 aromatic carbocycles. The highest BCUT2D eigenvalue weighted by Gasteiger charge is 2.48. The van der Waals surface area contributed by atoms with E-state index in [0.717, 1.165) is 44.9 Å². The Balaban J connectivity index is 2.32. The van der Waals surface area contributed by atoms with Gasteiger partial charge < -0.3 is 35.2 Å². The van der Waals surface area contributed by atoms with Crippen molar-refractivity contribution in [3.8, 4) is 0 Å². The second-order valence-electron chi connectivity index (χ2n) is 22.4. The highest BCUT2D eigenvalue weighted by molar-refractivity contribution is 7.80. The first-order valence-corrected chi connectivity index (χ1v) is 33.2. The fourth-order valence-electron chi connectivity index (χ4n) is 10.3. The van der Waals surface area contributed by atoms with E-state index in [1.165, 1.54) is 231 Å². The molecule has 7 atom stereocenters. The van der Waals surface area contributed by atoms with Crippen LogP contribution in [0.1, 0.15) is 303 Å². The average molecular weight is 1100 g/mol. The van der Waals surface area contributed by atoms with Gasteiger partial charge in [0.1, 0.15) is 24.4 Å². The number of nitrogens with one attached hydrogen (secondary N) is 1. The number of aliphatic hydroxyl groups excluding tert-OH is 4. The first-order valence-electron chi connectivity index (χ1n) is 31.9. The minimum Gasteiger partial charge on any atom is -0.394 e. The molecular formula is C63H119NO11S. The molecule has 7 unspecified atom stereocenters. The molecule has 1 heterocycles. The van der Waals surface area contributed by atoms with Gasteiger partial charge in [0.05, 0.1) is 25.4 Å². The van der Waals surface area contributed by atoms with E-state index in [2.05, 4.69) is 47.7 Å².